The number of amides is 1. The number of likely N-dealkylation sites (tertiary alicyclic amines) is 1. The molecule has 0 aromatic carbocycles. The van der Waals surface area contributed by atoms with E-state index in [0.29, 0.717) is 32.2 Å². The first kappa shape index (κ1) is 15.7. The van der Waals surface area contributed by atoms with Gasteiger partial charge in [0.1, 0.15) is 6.61 Å². The van der Waals surface area contributed by atoms with Crippen molar-refractivity contribution >= 4 is 11.9 Å². The molecule has 0 aromatic heterocycles. The highest BCUT2D eigenvalue weighted by Gasteiger charge is 2.29. The Kier molecular flexibility index (Phi) is 5.28. The van der Waals surface area contributed by atoms with Gasteiger partial charge in [0.2, 0.25) is 5.91 Å². The summed E-state index contributed by atoms with van der Waals surface area (Å²) in [6.07, 6.45) is 2.75. The minimum atomic E-state index is -0.182. The zero-order chi connectivity index (χ0) is 15.4. The lowest BCUT2D eigenvalue weighted by Gasteiger charge is -2.23. The van der Waals surface area contributed by atoms with Crippen molar-refractivity contribution in [2.75, 3.05) is 59.1 Å². The number of carbonyl (C=O) groups excluding carboxylic acids is 2. The van der Waals surface area contributed by atoms with Crippen molar-refractivity contribution in [3.8, 4) is 0 Å². The Bertz CT molecular complexity index is 412. The van der Waals surface area contributed by atoms with Crippen LogP contribution in [0.15, 0.2) is 0 Å². The lowest BCUT2D eigenvalue weighted by atomic mass is 10.2. The van der Waals surface area contributed by atoms with Gasteiger partial charge < -0.3 is 15.0 Å². The second-order valence-electron chi connectivity index (χ2n) is 6.36. The third-order valence-electron chi connectivity index (χ3n) is 4.78. The molecular formula is C15H26N4O3. The summed E-state index contributed by atoms with van der Waals surface area (Å²) < 4.78 is 5.27. The average Bonchev–Trinajstić information content (AvgIpc) is 3.21. The summed E-state index contributed by atoms with van der Waals surface area (Å²) in [5, 5.41) is 3.38. The molecule has 0 radical (unpaired) electrons. The van der Waals surface area contributed by atoms with Crippen molar-refractivity contribution in [2.45, 2.75) is 25.3 Å². The quantitative estimate of drug-likeness (QED) is 0.641. The molecule has 1 amide bonds. The molecule has 3 fully saturated rings. The van der Waals surface area contributed by atoms with E-state index in [1.807, 2.05) is 0 Å². The molecular weight excluding hydrogens is 284 g/mol. The van der Waals surface area contributed by atoms with Crippen molar-refractivity contribution in [1.82, 2.24) is 20.0 Å². The number of ether oxygens (including phenoxy) is 1. The molecule has 22 heavy (non-hydrogen) atoms. The predicted molar refractivity (Wildman–Crippen MR) is 81.2 cm³/mol. The zero-order valence-corrected chi connectivity index (χ0v) is 13.1. The lowest BCUT2D eigenvalue weighted by molar-refractivity contribution is -0.146. The second kappa shape index (κ2) is 7.39. The summed E-state index contributed by atoms with van der Waals surface area (Å²) in [6, 6.07) is 0.613. The van der Waals surface area contributed by atoms with Gasteiger partial charge in [-0.1, -0.05) is 0 Å². The van der Waals surface area contributed by atoms with Crippen molar-refractivity contribution in [3.63, 3.8) is 0 Å². The standard InChI is InChI=1S/C15H26N4O3/c20-14-2-1-5-18(14)8-9-22-15(21)11-17-6-7-19(12-17)13-3-4-16-10-13/h13,16H,1-12H2. The first-order chi connectivity index (χ1) is 10.7. The number of hydrogen-bond acceptors (Lipinski definition) is 6. The second-order valence-corrected chi connectivity index (χ2v) is 6.36. The Morgan fingerprint density at radius 2 is 2.23 bits per heavy atom. The van der Waals surface area contributed by atoms with Crippen LogP contribution >= 0.6 is 0 Å². The molecule has 124 valence electrons. The van der Waals surface area contributed by atoms with Crippen molar-refractivity contribution in [2.24, 2.45) is 0 Å². The van der Waals surface area contributed by atoms with Crippen LogP contribution in [-0.2, 0) is 14.3 Å². The fourth-order valence-corrected chi connectivity index (χ4v) is 3.48. The summed E-state index contributed by atoms with van der Waals surface area (Å²) >= 11 is 0. The van der Waals surface area contributed by atoms with Crippen LogP contribution < -0.4 is 5.32 Å². The van der Waals surface area contributed by atoms with Gasteiger partial charge in [-0.25, -0.2) is 0 Å². The van der Waals surface area contributed by atoms with Crippen LogP contribution in [0.4, 0.5) is 0 Å². The predicted octanol–water partition coefficient (Wildman–Crippen LogP) is -0.911. The molecule has 3 saturated heterocycles. The van der Waals surface area contributed by atoms with Gasteiger partial charge in [-0.15, -0.1) is 0 Å². The lowest BCUT2D eigenvalue weighted by Crippen LogP contribution is -2.38. The van der Waals surface area contributed by atoms with E-state index < -0.39 is 0 Å². The van der Waals surface area contributed by atoms with Crippen LogP contribution in [0.3, 0.4) is 0 Å². The Labute approximate surface area is 131 Å². The average molecular weight is 310 g/mol. The van der Waals surface area contributed by atoms with Gasteiger partial charge in [0, 0.05) is 38.6 Å². The summed E-state index contributed by atoms with van der Waals surface area (Å²) in [5.41, 5.74) is 0. The van der Waals surface area contributed by atoms with Gasteiger partial charge in [0.25, 0.3) is 0 Å². The fraction of sp³-hybridized carbons (Fsp3) is 0.867. The number of esters is 1. The smallest absolute Gasteiger partial charge is 0.320 e. The number of nitrogens with zero attached hydrogens (tertiary/aromatic N) is 3. The first-order valence-electron chi connectivity index (χ1n) is 8.33. The highest BCUT2D eigenvalue weighted by molar-refractivity contribution is 5.78. The molecule has 3 aliphatic heterocycles. The van der Waals surface area contributed by atoms with Gasteiger partial charge in [0.15, 0.2) is 0 Å². The number of rotatable bonds is 6. The minimum absolute atomic E-state index is 0.177. The molecule has 0 bridgehead atoms. The van der Waals surface area contributed by atoms with Crippen molar-refractivity contribution in [3.05, 3.63) is 0 Å². The van der Waals surface area contributed by atoms with E-state index in [2.05, 4.69) is 15.1 Å². The maximum Gasteiger partial charge on any atom is 0.320 e. The van der Waals surface area contributed by atoms with Crippen LogP contribution in [0, 0.1) is 0 Å². The summed E-state index contributed by atoms with van der Waals surface area (Å²) in [4.78, 5) is 29.7. The van der Waals surface area contributed by atoms with E-state index in [0.717, 1.165) is 45.8 Å². The molecule has 0 saturated carbocycles. The third-order valence-corrected chi connectivity index (χ3v) is 4.78. The van der Waals surface area contributed by atoms with Crippen LogP contribution in [0.5, 0.6) is 0 Å². The SMILES string of the molecule is O=C(CN1CCN(C2CCNC2)C1)OCCN1CCCC1=O. The van der Waals surface area contributed by atoms with E-state index in [4.69, 9.17) is 4.74 Å². The molecule has 0 spiro atoms. The number of nitrogens with one attached hydrogen (secondary N) is 1. The zero-order valence-electron chi connectivity index (χ0n) is 13.1. The summed E-state index contributed by atoms with van der Waals surface area (Å²) in [5.74, 6) is -0.00514. The molecule has 3 heterocycles. The summed E-state index contributed by atoms with van der Waals surface area (Å²) in [7, 11) is 0. The molecule has 1 unspecified atom stereocenters. The molecule has 7 nitrogen and oxygen atoms in total. The largest absolute Gasteiger partial charge is 0.463 e. The maximum atomic E-state index is 11.9. The summed E-state index contributed by atoms with van der Waals surface area (Å²) in [6.45, 7) is 6.96. The van der Waals surface area contributed by atoms with E-state index >= 15 is 0 Å². The molecule has 7 heteroatoms. The monoisotopic (exact) mass is 310 g/mol. The highest BCUT2D eigenvalue weighted by Crippen LogP contribution is 2.14. The van der Waals surface area contributed by atoms with Gasteiger partial charge in [-0.05, 0) is 19.4 Å². The molecule has 3 rings (SSSR count). The van der Waals surface area contributed by atoms with E-state index in [9.17, 15) is 9.59 Å². The molecule has 3 aliphatic rings. The van der Waals surface area contributed by atoms with Gasteiger partial charge >= 0.3 is 5.97 Å². The number of carbonyl (C=O) groups is 2. The molecule has 1 atom stereocenters. The van der Waals surface area contributed by atoms with Gasteiger partial charge in [-0.2, -0.15) is 0 Å². The Morgan fingerprint density at radius 3 is 2.95 bits per heavy atom. The topological polar surface area (TPSA) is 65.1 Å². The van der Waals surface area contributed by atoms with E-state index in [1.54, 1.807) is 4.90 Å². The number of hydrogen-bond donors (Lipinski definition) is 1. The van der Waals surface area contributed by atoms with Gasteiger partial charge in [-0.3, -0.25) is 19.4 Å². The highest BCUT2D eigenvalue weighted by atomic mass is 16.5. The Balaban J connectivity index is 1.31. The Hall–Kier alpha value is -1.18. The van der Waals surface area contributed by atoms with E-state index in [-0.39, 0.29) is 11.9 Å². The van der Waals surface area contributed by atoms with Crippen molar-refractivity contribution in [1.29, 1.82) is 0 Å². The van der Waals surface area contributed by atoms with Crippen LogP contribution in [0.1, 0.15) is 19.3 Å². The molecule has 1 N–H and O–H groups in total. The third kappa shape index (κ3) is 3.97. The van der Waals surface area contributed by atoms with Crippen LogP contribution in [0.2, 0.25) is 0 Å². The molecule has 0 aliphatic carbocycles. The van der Waals surface area contributed by atoms with Crippen molar-refractivity contribution < 1.29 is 14.3 Å². The normalized spacial score (nSPS) is 27.0. The Morgan fingerprint density at radius 1 is 1.32 bits per heavy atom. The fourth-order valence-electron chi connectivity index (χ4n) is 3.48. The van der Waals surface area contributed by atoms with Crippen LogP contribution in [0.25, 0.3) is 0 Å². The maximum absolute atomic E-state index is 11.9. The molecule has 0 aromatic rings. The van der Waals surface area contributed by atoms with Crippen LogP contribution in [-0.4, -0.2) is 91.7 Å². The van der Waals surface area contributed by atoms with Gasteiger partial charge in [0.05, 0.1) is 19.8 Å². The minimum Gasteiger partial charge on any atom is -0.463 e. The first-order valence-corrected chi connectivity index (χ1v) is 8.33. The van der Waals surface area contributed by atoms with E-state index in [1.165, 1.54) is 6.42 Å².